The first-order valence-corrected chi connectivity index (χ1v) is 5.75. The zero-order chi connectivity index (χ0) is 11.4. The highest BCUT2D eigenvalue weighted by atomic mass is 19.1. The van der Waals surface area contributed by atoms with Crippen LogP contribution in [0.2, 0.25) is 0 Å². The van der Waals surface area contributed by atoms with E-state index in [2.05, 4.69) is 5.32 Å². The van der Waals surface area contributed by atoms with Crippen LogP contribution in [0.5, 0.6) is 0 Å². The number of amides is 1. The summed E-state index contributed by atoms with van der Waals surface area (Å²) in [7, 11) is 0. The first-order chi connectivity index (χ1) is 7.74. The Hall–Kier alpha value is -1.38. The molecule has 16 heavy (non-hydrogen) atoms. The first-order valence-electron chi connectivity index (χ1n) is 5.75. The van der Waals surface area contributed by atoms with Gasteiger partial charge in [-0.1, -0.05) is 18.6 Å². The lowest BCUT2D eigenvalue weighted by molar-refractivity contribution is -0.120. The number of benzene rings is 1. The third-order valence-corrected chi connectivity index (χ3v) is 3.09. The van der Waals surface area contributed by atoms with Crippen LogP contribution in [-0.2, 0) is 11.2 Å². The van der Waals surface area contributed by atoms with E-state index >= 15 is 0 Å². The van der Waals surface area contributed by atoms with Gasteiger partial charge in [0.05, 0.1) is 6.42 Å². The van der Waals surface area contributed by atoms with E-state index in [1.54, 1.807) is 12.1 Å². The molecule has 0 saturated heterocycles. The van der Waals surface area contributed by atoms with Crippen molar-refractivity contribution in [2.24, 2.45) is 5.92 Å². The monoisotopic (exact) mass is 221 g/mol. The fraction of sp³-hybridized carbons (Fsp3) is 0.462. The molecule has 2 rings (SSSR count). The molecular weight excluding hydrogens is 205 g/mol. The average Bonchev–Trinajstić information content (AvgIpc) is 2.19. The van der Waals surface area contributed by atoms with Gasteiger partial charge in [0.1, 0.15) is 5.82 Å². The molecule has 0 aromatic heterocycles. The van der Waals surface area contributed by atoms with Crippen LogP contribution in [0.25, 0.3) is 0 Å². The highest BCUT2D eigenvalue weighted by Gasteiger charge is 2.17. The van der Waals surface area contributed by atoms with E-state index in [-0.39, 0.29) is 11.7 Å². The van der Waals surface area contributed by atoms with Crippen LogP contribution in [0, 0.1) is 11.7 Å². The Labute approximate surface area is 94.9 Å². The number of rotatable bonds is 4. The molecule has 0 bridgehead atoms. The molecule has 0 unspecified atom stereocenters. The van der Waals surface area contributed by atoms with Gasteiger partial charge in [0.2, 0.25) is 5.91 Å². The molecule has 1 aromatic rings. The fourth-order valence-electron chi connectivity index (χ4n) is 1.81. The number of hydrogen-bond acceptors (Lipinski definition) is 1. The van der Waals surface area contributed by atoms with Gasteiger partial charge in [-0.15, -0.1) is 0 Å². The van der Waals surface area contributed by atoms with Gasteiger partial charge in [-0.25, -0.2) is 4.39 Å². The third kappa shape index (κ3) is 3.05. The minimum Gasteiger partial charge on any atom is -0.356 e. The van der Waals surface area contributed by atoms with Gasteiger partial charge in [0, 0.05) is 6.54 Å². The van der Waals surface area contributed by atoms with Gasteiger partial charge in [-0.3, -0.25) is 4.79 Å². The van der Waals surface area contributed by atoms with Crippen LogP contribution in [0.15, 0.2) is 24.3 Å². The quantitative estimate of drug-likeness (QED) is 0.830. The van der Waals surface area contributed by atoms with Gasteiger partial charge in [0.25, 0.3) is 0 Å². The van der Waals surface area contributed by atoms with E-state index in [1.165, 1.54) is 31.4 Å². The summed E-state index contributed by atoms with van der Waals surface area (Å²) in [6.07, 6.45) is 4.10. The van der Waals surface area contributed by atoms with Crippen LogP contribution >= 0.6 is 0 Å². The van der Waals surface area contributed by atoms with Gasteiger partial charge in [-0.05, 0) is 36.5 Å². The summed E-state index contributed by atoms with van der Waals surface area (Å²) in [6, 6.07) is 6.07. The van der Waals surface area contributed by atoms with E-state index in [9.17, 15) is 9.18 Å². The Morgan fingerprint density at radius 1 is 1.31 bits per heavy atom. The van der Waals surface area contributed by atoms with Crippen LogP contribution in [0.4, 0.5) is 4.39 Å². The second kappa shape index (κ2) is 5.10. The highest BCUT2D eigenvalue weighted by molar-refractivity contribution is 5.78. The number of carbonyl (C=O) groups is 1. The molecule has 1 saturated carbocycles. The minimum atomic E-state index is -0.265. The van der Waals surface area contributed by atoms with Gasteiger partial charge >= 0.3 is 0 Å². The van der Waals surface area contributed by atoms with E-state index in [4.69, 9.17) is 0 Å². The maximum atomic E-state index is 12.6. The molecule has 2 nitrogen and oxygen atoms in total. The Balaban J connectivity index is 1.75. The Morgan fingerprint density at radius 2 is 2.00 bits per heavy atom. The number of nitrogens with one attached hydrogen (secondary N) is 1. The number of halogens is 1. The molecule has 1 aromatic carbocycles. The molecule has 1 fully saturated rings. The molecule has 0 aliphatic heterocycles. The molecule has 1 amide bonds. The molecule has 1 aliphatic carbocycles. The van der Waals surface area contributed by atoms with Crippen molar-refractivity contribution < 1.29 is 9.18 Å². The molecule has 0 radical (unpaired) electrons. The molecular formula is C13H16FNO. The van der Waals surface area contributed by atoms with Crippen molar-refractivity contribution in [1.29, 1.82) is 0 Å². The molecule has 0 spiro atoms. The number of hydrogen-bond donors (Lipinski definition) is 1. The normalized spacial score (nSPS) is 15.6. The van der Waals surface area contributed by atoms with Gasteiger partial charge < -0.3 is 5.32 Å². The Kier molecular flexibility index (Phi) is 3.54. The smallest absolute Gasteiger partial charge is 0.224 e. The van der Waals surface area contributed by atoms with Crippen molar-refractivity contribution in [3.63, 3.8) is 0 Å². The van der Waals surface area contributed by atoms with Crippen molar-refractivity contribution in [2.45, 2.75) is 25.7 Å². The van der Waals surface area contributed by atoms with Crippen molar-refractivity contribution in [2.75, 3.05) is 6.54 Å². The SMILES string of the molecule is O=C(Cc1ccc(F)cc1)NCC1CCC1. The van der Waals surface area contributed by atoms with Crippen LogP contribution in [0.1, 0.15) is 24.8 Å². The average molecular weight is 221 g/mol. The molecule has 1 aliphatic rings. The summed E-state index contributed by atoms with van der Waals surface area (Å²) in [5.41, 5.74) is 0.854. The first kappa shape index (κ1) is 11.1. The van der Waals surface area contributed by atoms with E-state index in [1.807, 2.05) is 0 Å². The molecule has 0 heterocycles. The zero-order valence-electron chi connectivity index (χ0n) is 9.21. The molecule has 86 valence electrons. The lowest BCUT2D eigenvalue weighted by Crippen LogP contribution is -2.33. The zero-order valence-corrected chi connectivity index (χ0v) is 9.21. The predicted octanol–water partition coefficient (Wildman–Crippen LogP) is 2.28. The number of carbonyl (C=O) groups excluding carboxylic acids is 1. The van der Waals surface area contributed by atoms with Crippen LogP contribution in [0.3, 0.4) is 0 Å². The minimum absolute atomic E-state index is 0.0264. The highest BCUT2D eigenvalue weighted by Crippen LogP contribution is 2.25. The summed E-state index contributed by atoms with van der Waals surface area (Å²) >= 11 is 0. The summed E-state index contributed by atoms with van der Waals surface area (Å²) in [5, 5.41) is 2.92. The van der Waals surface area contributed by atoms with Crippen molar-refractivity contribution >= 4 is 5.91 Å². The third-order valence-electron chi connectivity index (χ3n) is 3.09. The Morgan fingerprint density at radius 3 is 2.56 bits per heavy atom. The summed E-state index contributed by atoms with van der Waals surface area (Å²) < 4.78 is 12.6. The summed E-state index contributed by atoms with van der Waals surface area (Å²) in [4.78, 5) is 11.5. The van der Waals surface area contributed by atoms with Crippen molar-refractivity contribution in [1.82, 2.24) is 5.32 Å². The fourth-order valence-corrected chi connectivity index (χ4v) is 1.81. The van der Waals surface area contributed by atoms with Gasteiger partial charge in [0.15, 0.2) is 0 Å². The summed E-state index contributed by atoms with van der Waals surface area (Å²) in [6.45, 7) is 0.792. The predicted molar refractivity (Wildman–Crippen MR) is 60.5 cm³/mol. The lowest BCUT2D eigenvalue weighted by Gasteiger charge is -2.25. The summed E-state index contributed by atoms with van der Waals surface area (Å²) in [5.74, 6) is 0.439. The second-order valence-corrected chi connectivity index (χ2v) is 4.40. The molecule has 0 atom stereocenters. The van der Waals surface area contributed by atoms with E-state index in [0.29, 0.717) is 12.3 Å². The van der Waals surface area contributed by atoms with Crippen LogP contribution < -0.4 is 5.32 Å². The standard InChI is InChI=1S/C13H16FNO/c14-12-6-4-10(5-7-12)8-13(16)15-9-11-2-1-3-11/h4-7,11H,1-3,8-9H2,(H,15,16). The second-order valence-electron chi connectivity index (χ2n) is 4.40. The topological polar surface area (TPSA) is 29.1 Å². The van der Waals surface area contributed by atoms with Crippen LogP contribution in [-0.4, -0.2) is 12.5 Å². The van der Waals surface area contributed by atoms with Crippen molar-refractivity contribution in [3.8, 4) is 0 Å². The van der Waals surface area contributed by atoms with Gasteiger partial charge in [-0.2, -0.15) is 0 Å². The lowest BCUT2D eigenvalue weighted by atomic mass is 9.85. The Bertz CT molecular complexity index is 357. The molecule has 1 N–H and O–H groups in total. The van der Waals surface area contributed by atoms with E-state index < -0.39 is 0 Å². The maximum absolute atomic E-state index is 12.6. The van der Waals surface area contributed by atoms with E-state index in [0.717, 1.165) is 12.1 Å². The van der Waals surface area contributed by atoms with Crippen molar-refractivity contribution in [3.05, 3.63) is 35.6 Å². The maximum Gasteiger partial charge on any atom is 0.224 e. The largest absolute Gasteiger partial charge is 0.356 e. The molecule has 3 heteroatoms.